The fourth-order valence-corrected chi connectivity index (χ4v) is 0.964. The molecular weight excluding hydrogens is 194 g/mol. The summed E-state index contributed by atoms with van der Waals surface area (Å²) in [6, 6.07) is 0. The third kappa shape index (κ3) is 3.92. The van der Waals surface area contributed by atoms with Gasteiger partial charge < -0.3 is 0 Å². The van der Waals surface area contributed by atoms with Crippen LogP contribution in [0.25, 0.3) is 0 Å². The summed E-state index contributed by atoms with van der Waals surface area (Å²) in [6.45, 7) is -2.18. The minimum absolute atomic E-state index is 0.305. The Morgan fingerprint density at radius 2 is 1.29 bits per heavy atom. The minimum atomic E-state index is -2.18. The molecule has 44 valence electrons. The summed E-state index contributed by atoms with van der Waals surface area (Å²) in [6.07, 6.45) is 0. The summed E-state index contributed by atoms with van der Waals surface area (Å²) in [7, 11) is 0. The molecule has 0 bridgehead atoms. The second kappa shape index (κ2) is 3.41. The van der Waals surface area contributed by atoms with Crippen LogP contribution in [-0.4, -0.2) is 17.7 Å². The lowest BCUT2D eigenvalue weighted by molar-refractivity contribution is 1.90. The normalized spacial score (nSPS) is 12.0. The SMILES string of the molecule is ClC[Si](Cl)(Cl)CCl. The number of rotatable bonds is 2. The van der Waals surface area contributed by atoms with Gasteiger partial charge in [0.05, 0.1) is 0 Å². The largest absolute Gasteiger partial charge is 0.279 e. The first-order valence-electron chi connectivity index (χ1n) is 1.62. The molecule has 0 aromatic carbocycles. The molecule has 0 rings (SSSR count). The molecule has 0 saturated carbocycles. The van der Waals surface area contributed by atoms with Gasteiger partial charge in [-0.15, -0.1) is 45.4 Å². The van der Waals surface area contributed by atoms with Crippen molar-refractivity contribution < 1.29 is 0 Å². The van der Waals surface area contributed by atoms with E-state index in [-0.39, 0.29) is 0 Å². The van der Waals surface area contributed by atoms with E-state index >= 15 is 0 Å². The number of alkyl halides is 2. The molecule has 0 saturated heterocycles. The Bertz CT molecular complexity index is 47.7. The van der Waals surface area contributed by atoms with Gasteiger partial charge in [-0.1, -0.05) is 0 Å². The zero-order valence-corrected chi connectivity index (χ0v) is 7.45. The van der Waals surface area contributed by atoms with Crippen molar-refractivity contribution in [2.45, 2.75) is 0 Å². The van der Waals surface area contributed by atoms with E-state index in [1.54, 1.807) is 0 Å². The Balaban J connectivity index is 3.36. The lowest BCUT2D eigenvalue weighted by Crippen LogP contribution is -2.24. The maximum Gasteiger partial charge on any atom is 0.279 e. The lowest BCUT2D eigenvalue weighted by Gasteiger charge is -2.04. The monoisotopic (exact) mass is 196 g/mol. The van der Waals surface area contributed by atoms with E-state index in [4.69, 9.17) is 45.4 Å². The van der Waals surface area contributed by atoms with Crippen LogP contribution in [0.1, 0.15) is 0 Å². The maximum atomic E-state index is 5.55. The van der Waals surface area contributed by atoms with Crippen molar-refractivity contribution in [1.82, 2.24) is 0 Å². The quantitative estimate of drug-likeness (QED) is 0.363. The van der Waals surface area contributed by atoms with Gasteiger partial charge in [-0.05, 0) is 0 Å². The molecule has 0 nitrogen and oxygen atoms in total. The molecule has 0 aliphatic rings. The molecule has 0 atom stereocenters. The highest BCUT2D eigenvalue weighted by molar-refractivity contribution is 7.48. The molecule has 0 N–H and O–H groups in total. The molecule has 0 radical (unpaired) electrons. The second-order valence-electron chi connectivity index (χ2n) is 1.12. The average Bonchev–Trinajstić information content (AvgIpc) is 1.68. The first-order valence-corrected chi connectivity index (χ1v) is 7.13. The molecule has 0 aliphatic carbocycles. The Hall–Kier alpha value is 1.38. The zero-order chi connectivity index (χ0) is 5.91. The molecule has 0 heterocycles. The van der Waals surface area contributed by atoms with Crippen LogP contribution in [0.15, 0.2) is 0 Å². The standard InChI is InChI=1S/C2H4Cl4Si/c3-1-7(5,6)2-4/h1-2H2. The third-order valence-electron chi connectivity index (χ3n) is 0.391. The summed E-state index contributed by atoms with van der Waals surface area (Å²) in [5.74, 6) is 0. The smallest absolute Gasteiger partial charge is 0.143 e. The molecule has 0 aromatic heterocycles. The maximum absolute atomic E-state index is 5.55. The fraction of sp³-hybridized carbons (Fsp3) is 1.00. The molecule has 0 aromatic rings. The first kappa shape index (κ1) is 8.38. The second-order valence-corrected chi connectivity index (χ2v) is 9.89. The lowest BCUT2D eigenvalue weighted by atomic mass is 11.8. The van der Waals surface area contributed by atoms with E-state index in [2.05, 4.69) is 0 Å². The van der Waals surface area contributed by atoms with Crippen molar-refractivity contribution in [1.29, 1.82) is 0 Å². The Morgan fingerprint density at radius 3 is 1.29 bits per heavy atom. The van der Waals surface area contributed by atoms with Crippen molar-refractivity contribution >= 4 is 52.1 Å². The predicted octanol–water partition coefficient (Wildman–Crippen LogP) is 2.46. The van der Waals surface area contributed by atoms with Gasteiger partial charge >= 0.3 is 0 Å². The molecule has 7 heavy (non-hydrogen) atoms. The van der Waals surface area contributed by atoms with Crippen LogP contribution in [0, 0.1) is 0 Å². The van der Waals surface area contributed by atoms with Crippen molar-refractivity contribution in [2.24, 2.45) is 0 Å². The van der Waals surface area contributed by atoms with Gasteiger partial charge in [0.1, 0.15) is 0 Å². The van der Waals surface area contributed by atoms with Crippen LogP contribution < -0.4 is 0 Å². The van der Waals surface area contributed by atoms with E-state index in [0.717, 1.165) is 0 Å². The average molecular weight is 198 g/mol. The van der Waals surface area contributed by atoms with Gasteiger partial charge in [-0.25, -0.2) is 0 Å². The fourth-order valence-electron chi connectivity index (χ4n) is 0.0357. The Kier molecular flexibility index (Phi) is 4.08. The first-order chi connectivity index (χ1) is 3.12. The molecule has 0 amide bonds. The molecule has 5 heteroatoms. The topological polar surface area (TPSA) is 0 Å². The van der Waals surface area contributed by atoms with E-state index in [1.165, 1.54) is 0 Å². The van der Waals surface area contributed by atoms with Gasteiger partial charge in [0, 0.05) is 11.0 Å². The van der Waals surface area contributed by atoms with Crippen LogP contribution in [-0.2, 0) is 0 Å². The van der Waals surface area contributed by atoms with Gasteiger partial charge in [-0.3, -0.25) is 0 Å². The molecule has 0 unspecified atom stereocenters. The molecule has 0 spiro atoms. The molecular formula is C2H4Cl4Si. The number of hydrogen-bond donors (Lipinski definition) is 0. The summed E-state index contributed by atoms with van der Waals surface area (Å²) in [5, 5.41) is 0. The Labute approximate surface area is 63.1 Å². The summed E-state index contributed by atoms with van der Waals surface area (Å²) in [4.78, 5) is 0. The van der Waals surface area contributed by atoms with E-state index < -0.39 is 6.69 Å². The van der Waals surface area contributed by atoms with Crippen LogP contribution in [0.3, 0.4) is 0 Å². The van der Waals surface area contributed by atoms with Gasteiger partial charge in [0.15, 0.2) is 0 Å². The van der Waals surface area contributed by atoms with Crippen LogP contribution in [0.4, 0.5) is 0 Å². The van der Waals surface area contributed by atoms with E-state index in [1.807, 2.05) is 0 Å². The third-order valence-corrected chi connectivity index (χ3v) is 7.16. The van der Waals surface area contributed by atoms with Crippen molar-refractivity contribution in [2.75, 3.05) is 11.0 Å². The summed E-state index contributed by atoms with van der Waals surface area (Å²) >= 11 is 21.7. The van der Waals surface area contributed by atoms with Gasteiger partial charge in [-0.2, -0.15) is 0 Å². The van der Waals surface area contributed by atoms with Crippen molar-refractivity contribution in [3.05, 3.63) is 0 Å². The highest BCUT2D eigenvalue weighted by Crippen LogP contribution is 2.17. The van der Waals surface area contributed by atoms with Crippen molar-refractivity contribution in [3.8, 4) is 0 Å². The highest BCUT2D eigenvalue weighted by Gasteiger charge is 2.25. The van der Waals surface area contributed by atoms with Gasteiger partial charge in [0.2, 0.25) is 0 Å². The van der Waals surface area contributed by atoms with Crippen LogP contribution >= 0.6 is 45.4 Å². The Morgan fingerprint density at radius 1 is 1.00 bits per heavy atom. The van der Waals surface area contributed by atoms with Crippen LogP contribution in [0.5, 0.6) is 0 Å². The van der Waals surface area contributed by atoms with E-state index in [9.17, 15) is 0 Å². The minimum Gasteiger partial charge on any atom is -0.143 e. The number of hydrogen-bond acceptors (Lipinski definition) is 0. The summed E-state index contributed by atoms with van der Waals surface area (Å²) in [5.41, 5.74) is 0.610. The van der Waals surface area contributed by atoms with Gasteiger partial charge in [0.25, 0.3) is 6.69 Å². The predicted molar refractivity (Wildman–Crippen MR) is 38.9 cm³/mol. The number of halogens is 4. The van der Waals surface area contributed by atoms with Crippen molar-refractivity contribution in [3.63, 3.8) is 0 Å². The molecule has 0 aliphatic heterocycles. The van der Waals surface area contributed by atoms with E-state index in [0.29, 0.717) is 11.0 Å². The highest BCUT2D eigenvalue weighted by atomic mass is 35.7. The molecule has 0 fully saturated rings. The zero-order valence-electron chi connectivity index (χ0n) is 3.43. The summed E-state index contributed by atoms with van der Waals surface area (Å²) < 4.78 is 0. The van der Waals surface area contributed by atoms with Crippen LogP contribution in [0.2, 0.25) is 0 Å².